The molecule has 21 heavy (non-hydrogen) atoms. The molecule has 0 aliphatic rings. The lowest BCUT2D eigenvalue weighted by Gasteiger charge is -2.06. The molecule has 0 bridgehead atoms. The third-order valence-electron chi connectivity index (χ3n) is 2.97. The fraction of sp³-hybridized carbons (Fsp3) is 0.133. The first-order valence-electron chi connectivity index (χ1n) is 6.25. The molecular weight excluding hydrogens is 292 g/mol. The Bertz CT molecular complexity index is 684. The molecule has 108 valence electrons. The van der Waals surface area contributed by atoms with Crippen LogP contribution >= 0.6 is 11.6 Å². The number of nitrogens with zero attached hydrogens (tertiary/aromatic N) is 1. The topological polar surface area (TPSA) is 72.2 Å². The van der Waals surface area contributed by atoms with Crippen LogP contribution in [0.2, 0.25) is 5.02 Å². The fourth-order valence-corrected chi connectivity index (χ4v) is 2.00. The van der Waals surface area contributed by atoms with Gasteiger partial charge in [0.1, 0.15) is 0 Å². The van der Waals surface area contributed by atoms with Gasteiger partial charge in [-0.05, 0) is 30.7 Å². The van der Waals surface area contributed by atoms with Crippen molar-refractivity contribution in [2.24, 2.45) is 0 Å². The summed E-state index contributed by atoms with van der Waals surface area (Å²) in [5.74, 6) is -0.240. The van der Waals surface area contributed by atoms with Crippen molar-refractivity contribution < 1.29 is 9.72 Å². The highest BCUT2D eigenvalue weighted by Crippen LogP contribution is 2.22. The first-order valence-corrected chi connectivity index (χ1v) is 6.63. The molecule has 5 nitrogen and oxygen atoms in total. The summed E-state index contributed by atoms with van der Waals surface area (Å²) in [6.07, 6.45) is 0.179. The average molecular weight is 305 g/mol. The van der Waals surface area contributed by atoms with Crippen LogP contribution in [0.1, 0.15) is 11.1 Å². The summed E-state index contributed by atoms with van der Waals surface area (Å²) in [5.41, 5.74) is 1.76. The Hall–Kier alpha value is -2.40. The molecule has 0 aliphatic carbocycles. The van der Waals surface area contributed by atoms with E-state index in [-0.39, 0.29) is 18.0 Å². The van der Waals surface area contributed by atoms with E-state index in [9.17, 15) is 14.9 Å². The van der Waals surface area contributed by atoms with Gasteiger partial charge >= 0.3 is 0 Å². The third kappa shape index (κ3) is 4.03. The lowest BCUT2D eigenvalue weighted by molar-refractivity contribution is -0.385. The van der Waals surface area contributed by atoms with Crippen LogP contribution in [0, 0.1) is 17.0 Å². The van der Waals surface area contributed by atoms with Crippen LogP contribution in [-0.4, -0.2) is 10.8 Å². The van der Waals surface area contributed by atoms with Gasteiger partial charge < -0.3 is 5.32 Å². The quantitative estimate of drug-likeness (QED) is 0.691. The molecule has 1 N–H and O–H groups in total. The van der Waals surface area contributed by atoms with E-state index in [1.165, 1.54) is 6.07 Å². The number of carbonyl (C=O) groups excluding carboxylic acids is 1. The van der Waals surface area contributed by atoms with Gasteiger partial charge in [-0.3, -0.25) is 14.9 Å². The number of halogens is 1. The molecule has 0 unspecified atom stereocenters. The van der Waals surface area contributed by atoms with Gasteiger partial charge in [-0.15, -0.1) is 0 Å². The maximum absolute atomic E-state index is 11.9. The monoisotopic (exact) mass is 304 g/mol. The molecule has 2 rings (SSSR count). The lowest BCUT2D eigenvalue weighted by atomic mass is 10.1. The molecule has 0 atom stereocenters. The normalized spacial score (nSPS) is 10.2. The minimum Gasteiger partial charge on any atom is -0.326 e. The van der Waals surface area contributed by atoms with Gasteiger partial charge in [-0.2, -0.15) is 0 Å². The van der Waals surface area contributed by atoms with Crippen LogP contribution in [0.3, 0.4) is 0 Å². The summed E-state index contributed by atoms with van der Waals surface area (Å²) in [7, 11) is 0. The second-order valence-electron chi connectivity index (χ2n) is 4.61. The van der Waals surface area contributed by atoms with Crippen molar-refractivity contribution in [3.05, 3.63) is 68.7 Å². The molecule has 2 aromatic rings. The molecule has 0 spiro atoms. The zero-order valence-corrected chi connectivity index (χ0v) is 12.1. The summed E-state index contributed by atoms with van der Waals surface area (Å²) in [5, 5.41) is 14.1. The fourth-order valence-electron chi connectivity index (χ4n) is 1.88. The van der Waals surface area contributed by atoms with E-state index < -0.39 is 4.92 Å². The molecule has 0 saturated carbocycles. The number of rotatable bonds is 4. The Morgan fingerprint density at radius 1 is 1.24 bits per heavy atom. The van der Waals surface area contributed by atoms with E-state index in [0.29, 0.717) is 16.3 Å². The summed E-state index contributed by atoms with van der Waals surface area (Å²) in [6.45, 7) is 1.65. The number of nitrogens with one attached hydrogen (secondary N) is 1. The van der Waals surface area contributed by atoms with E-state index in [1.54, 1.807) is 43.3 Å². The van der Waals surface area contributed by atoms with Crippen LogP contribution in [0.25, 0.3) is 0 Å². The van der Waals surface area contributed by atoms with Crippen LogP contribution < -0.4 is 5.32 Å². The third-order valence-corrected chi connectivity index (χ3v) is 3.22. The summed E-state index contributed by atoms with van der Waals surface area (Å²) in [4.78, 5) is 22.3. The number of benzene rings is 2. The number of carbonyl (C=O) groups is 1. The molecule has 2 aromatic carbocycles. The molecule has 1 amide bonds. The Balaban J connectivity index is 2.07. The second kappa shape index (κ2) is 6.37. The van der Waals surface area contributed by atoms with Crippen molar-refractivity contribution in [1.29, 1.82) is 0 Å². The van der Waals surface area contributed by atoms with Crippen molar-refractivity contribution >= 4 is 28.9 Å². The van der Waals surface area contributed by atoms with Crippen LogP contribution in [0.4, 0.5) is 11.4 Å². The summed E-state index contributed by atoms with van der Waals surface area (Å²) >= 11 is 5.78. The Morgan fingerprint density at radius 3 is 2.52 bits per heavy atom. The largest absolute Gasteiger partial charge is 0.326 e. The van der Waals surface area contributed by atoms with Crippen molar-refractivity contribution in [1.82, 2.24) is 0 Å². The van der Waals surface area contributed by atoms with E-state index >= 15 is 0 Å². The van der Waals surface area contributed by atoms with Gasteiger partial charge in [-0.1, -0.05) is 29.8 Å². The number of nitro benzene ring substituents is 1. The number of amides is 1. The maximum Gasteiger partial charge on any atom is 0.274 e. The predicted molar refractivity (Wildman–Crippen MR) is 81.6 cm³/mol. The Kier molecular flexibility index (Phi) is 4.55. The van der Waals surface area contributed by atoms with E-state index in [2.05, 4.69) is 5.32 Å². The molecule has 0 saturated heterocycles. The highest BCUT2D eigenvalue weighted by atomic mass is 35.5. The zero-order valence-electron chi connectivity index (χ0n) is 11.3. The Labute approximate surface area is 126 Å². The van der Waals surface area contributed by atoms with Crippen LogP contribution in [-0.2, 0) is 11.2 Å². The minimum absolute atomic E-state index is 0.0145. The van der Waals surface area contributed by atoms with Gasteiger partial charge in [0.2, 0.25) is 5.91 Å². The average Bonchev–Trinajstić information content (AvgIpc) is 2.43. The first kappa shape index (κ1) is 15.0. The van der Waals surface area contributed by atoms with Crippen LogP contribution in [0.5, 0.6) is 0 Å². The molecule has 0 radical (unpaired) electrons. The SMILES string of the molecule is Cc1ccc(NC(=O)Cc2ccc(Cl)cc2)cc1[N+](=O)[O-]. The number of aryl methyl sites for hydroxylation is 1. The zero-order chi connectivity index (χ0) is 15.4. The van der Waals surface area contributed by atoms with Gasteiger partial charge in [0.05, 0.1) is 11.3 Å². The summed E-state index contributed by atoms with van der Waals surface area (Å²) in [6, 6.07) is 11.5. The number of nitro groups is 1. The highest BCUT2D eigenvalue weighted by molar-refractivity contribution is 6.30. The summed E-state index contributed by atoms with van der Waals surface area (Å²) < 4.78 is 0. The van der Waals surface area contributed by atoms with E-state index in [1.807, 2.05) is 0 Å². The molecule has 0 heterocycles. The number of hydrogen-bond acceptors (Lipinski definition) is 3. The van der Waals surface area contributed by atoms with Crippen LogP contribution in [0.15, 0.2) is 42.5 Å². The molecule has 6 heteroatoms. The first-order chi connectivity index (χ1) is 9.95. The van der Waals surface area contributed by atoms with Gasteiger partial charge in [0.25, 0.3) is 5.69 Å². The van der Waals surface area contributed by atoms with Gasteiger partial charge in [0.15, 0.2) is 0 Å². The van der Waals surface area contributed by atoms with Crippen molar-refractivity contribution in [2.45, 2.75) is 13.3 Å². The minimum atomic E-state index is -0.468. The predicted octanol–water partition coefficient (Wildman–Crippen LogP) is 3.74. The molecule has 0 fully saturated rings. The van der Waals surface area contributed by atoms with Gasteiger partial charge in [-0.25, -0.2) is 0 Å². The second-order valence-corrected chi connectivity index (χ2v) is 5.05. The number of hydrogen-bond donors (Lipinski definition) is 1. The van der Waals surface area contributed by atoms with Crippen molar-refractivity contribution in [3.8, 4) is 0 Å². The van der Waals surface area contributed by atoms with Crippen molar-refractivity contribution in [3.63, 3.8) is 0 Å². The van der Waals surface area contributed by atoms with E-state index in [4.69, 9.17) is 11.6 Å². The molecule has 0 aliphatic heterocycles. The van der Waals surface area contributed by atoms with Crippen molar-refractivity contribution in [2.75, 3.05) is 5.32 Å². The smallest absolute Gasteiger partial charge is 0.274 e. The van der Waals surface area contributed by atoms with E-state index in [0.717, 1.165) is 5.56 Å². The van der Waals surface area contributed by atoms with Gasteiger partial charge in [0, 0.05) is 22.3 Å². The maximum atomic E-state index is 11.9. The number of anilines is 1. The standard InChI is InChI=1S/C15H13ClN2O3/c1-10-2-7-13(9-14(10)18(20)21)17-15(19)8-11-3-5-12(16)6-4-11/h2-7,9H,8H2,1H3,(H,17,19). The Morgan fingerprint density at radius 2 is 1.90 bits per heavy atom. The highest BCUT2D eigenvalue weighted by Gasteiger charge is 2.12. The lowest BCUT2D eigenvalue weighted by Crippen LogP contribution is -2.14. The molecule has 0 aromatic heterocycles. The molecular formula is C15H13ClN2O3.